The first-order chi connectivity index (χ1) is 12.2. The van der Waals surface area contributed by atoms with Crippen LogP contribution in [0, 0.1) is 0 Å². The monoisotopic (exact) mass is 342 g/mol. The summed E-state index contributed by atoms with van der Waals surface area (Å²) in [6.07, 6.45) is 1.75. The SMILES string of the molecule is COc1cc2cc(CCc3cc(OC)c(OC)c(OC)c3)ccc2o1. The van der Waals surface area contributed by atoms with Crippen molar-refractivity contribution < 1.29 is 23.4 Å². The number of hydrogen-bond donors (Lipinski definition) is 0. The molecule has 5 nitrogen and oxygen atoms in total. The van der Waals surface area contributed by atoms with Crippen LogP contribution in [0.1, 0.15) is 11.1 Å². The van der Waals surface area contributed by atoms with E-state index >= 15 is 0 Å². The van der Waals surface area contributed by atoms with Crippen LogP contribution in [-0.2, 0) is 12.8 Å². The maximum Gasteiger partial charge on any atom is 0.285 e. The van der Waals surface area contributed by atoms with E-state index in [9.17, 15) is 0 Å². The van der Waals surface area contributed by atoms with Crippen LogP contribution < -0.4 is 18.9 Å². The van der Waals surface area contributed by atoms with Gasteiger partial charge < -0.3 is 23.4 Å². The number of hydrogen-bond acceptors (Lipinski definition) is 5. The Morgan fingerprint density at radius 1 is 0.720 bits per heavy atom. The summed E-state index contributed by atoms with van der Waals surface area (Å²) in [4.78, 5) is 0. The van der Waals surface area contributed by atoms with Crippen molar-refractivity contribution in [2.75, 3.05) is 28.4 Å². The molecule has 0 amide bonds. The molecule has 0 fully saturated rings. The molecule has 0 saturated carbocycles. The van der Waals surface area contributed by atoms with Gasteiger partial charge in [0.2, 0.25) is 5.75 Å². The van der Waals surface area contributed by atoms with Crippen LogP contribution in [0.25, 0.3) is 11.0 Å². The average Bonchev–Trinajstić information content (AvgIpc) is 3.07. The summed E-state index contributed by atoms with van der Waals surface area (Å²) in [5.41, 5.74) is 3.18. The van der Waals surface area contributed by atoms with Crippen molar-refractivity contribution in [3.05, 3.63) is 47.5 Å². The molecule has 0 saturated heterocycles. The van der Waals surface area contributed by atoms with Crippen molar-refractivity contribution in [3.8, 4) is 23.2 Å². The van der Waals surface area contributed by atoms with E-state index in [1.165, 1.54) is 5.56 Å². The second kappa shape index (κ2) is 7.38. The highest BCUT2D eigenvalue weighted by atomic mass is 16.6. The summed E-state index contributed by atoms with van der Waals surface area (Å²) < 4.78 is 26.9. The lowest BCUT2D eigenvalue weighted by atomic mass is 10.0. The molecule has 1 heterocycles. The minimum Gasteiger partial charge on any atom is -0.493 e. The van der Waals surface area contributed by atoms with Gasteiger partial charge in [-0.05, 0) is 48.2 Å². The van der Waals surface area contributed by atoms with Crippen LogP contribution in [0.5, 0.6) is 23.2 Å². The number of benzene rings is 2. The first-order valence-electron chi connectivity index (χ1n) is 8.03. The molecule has 5 heteroatoms. The van der Waals surface area contributed by atoms with Gasteiger partial charge in [0.1, 0.15) is 5.58 Å². The Balaban J connectivity index is 1.81. The Morgan fingerprint density at radius 3 is 2.00 bits per heavy atom. The molecule has 3 aromatic rings. The molecule has 3 rings (SSSR count). The molecule has 1 aromatic heterocycles. The van der Waals surface area contributed by atoms with Crippen molar-refractivity contribution in [2.24, 2.45) is 0 Å². The zero-order valence-corrected chi connectivity index (χ0v) is 14.9. The van der Waals surface area contributed by atoms with E-state index in [4.69, 9.17) is 23.4 Å². The predicted octanol–water partition coefficient (Wildman–Crippen LogP) is 4.25. The molecule has 0 radical (unpaired) electrons. The number of fused-ring (bicyclic) bond motifs is 1. The van der Waals surface area contributed by atoms with Gasteiger partial charge in [0, 0.05) is 11.5 Å². The van der Waals surface area contributed by atoms with E-state index in [1.807, 2.05) is 24.3 Å². The normalized spacial score (nSPS) is 10.7. The van der Waals surface area contributed by atoms with Crippen LogP contribution in [-0.4, -0.2) is 28.4 Å². The fourth-order valence-corrected chi connectivity index (χ4v) is 2.89. The van der Waals surface area contributed by atoms with Crippen LogP contribution in [0.15, 0.2) is 40.8 Å². The zero-order chi connectivity index (χ0) is 17.8. The lowest BCUT2D eigenvalue weighted by molar-refractivity contribution is 0.316. The van der Waals surface area contributed by atoms with Crippen molar-refractivity contribution in [1.29, 1.82) is 0 Å². The van der Waals surface area contributed by atoms with E-state index in [1.54, 1.807) is 28.4 Å². The first kappa shape index (κ1) is 17.0. The van der Waals surface area contributed by atoms with E-state index < -0.39 is 0 Å². The van der Waals surface area contributed by atoms with Crippen molar-refractivity contribution in [1.82, 2.24) is 0 Å². The van der Waals surface area contributed by atoms with Gasteiger partial charge in [-0.25, -0.2) is 0 Å². The maximum atomic E-state index is 5.55. The number of aryl methyl sites for hydroxylation is 2. The zero-order valence-electron chi connectivity index (χ0n) is 14.9. The molecule has 0 aliphatic rings. The third-order valence-corrected chi connectivity index (χ3v) is 4.19. The standard InChI is InChI=1S/C20H22O5/c1-21-17-10-14(11-18(22-2)20(17)24-4)6-5-13-7-8-16-15(9-13)12-19(23-3)25-16/h7-12H,5-6H2,1-4H3. The molecule has 0 atom stereocenters. The minimum absolute atomic E-state index is 0.525. The van der Waals surface area contributed by atoms with Gasteiger partial charge in [-0.1, -0.05) is 6.07 Å². The van der Waals surface area contributed by atoms with Crippen molar-refractivity contribution in [3.63, 3.8) is 0 Å². The lowest BCUT2D eigenvalue weighted by Gasteiger charge is -2.14. The quantitative estimate of drug-likeness (QED) is 0.642. The topological polar surface area (TPSA) is 50.1 Å². The highest BCUT2D eigenvalue weighted by Gasteiger charge is 2.13. The van der Waals surface area contributed by atoms with Crippen LogP contribution >= 0.6 is 0 Å². The predicted molar refractivity (Wildman–Crippen MR) is 96.3 cm³/mol. The largest absolute Gasteiger partial charge is 0.493 e. The second-order valence-corrected chi connectivity index (χ2v) is 5.68. The molecule has 0 N–H and O–H groups in total. The van der Waals surface area contributed by atoms with Crippen LogP contribution in [0.3, 0.4) is 0 Å². The summed E-state index contributed by atoms with van der Waals surface area (Å²) in [7, 11) is 6.46. The minimum atomic E-state index is 0.525. The van der Waals surface area contributed by atoms with E-state index in [-0.39, 0.29) is 0 Å². The Kier molecular flexibility index (Phi) is 5.03. The lowest BCUT2D eigenvalue weighted by Crippen LogP contribution is -1.98. The average molecular weight is 342 g/mol. The number of methoxy groups -OCH3 is 4. The molecular weight excluding hydrogens is 320 g/mol. The molecule has 0 spiro atoms. The molecule has 0 bridgehead atoms. The van der Waals surface area contributed by atoms with Gasteiger partial charge in [0.15, 0.2) is 11.5 Å². The first-order valence-corrected chi connectivity index (χ1v) is 8.03. The Hall–Kier alpha value is -2.82. The molecular formula is C20H22O5. The highest BCUT2D eigenvalue weighted by Crippen LogP contribution is 2.38. The van der Waals surface area contributed by atoms with Crippen LogP contribution in [0.4, 0.5) is 0 Å². The van der Waals surface area contributed by atoms with Gasteiger partial charge in [0.25, 0.3) is 5.95 Å². The second-order valence-electron chi connectivity index (χ2n) is 5.68. The van der Waals surface area contributed by atoms with Gasteiger partial charge >= 0.3 is 0 Å². The fraction of sp³-hybridized carbons (Fsp3) is 0.300. The highest BCUT2D eigenvalue weighted by molar-refractivity contribution is 5.79. The molecule has 0 aliphatic heterocycles. The van der Waals surface area contributed by atoms with E-state index in [2.05, 4.69) is 12.1 Å². The third kappa shape index (κ3) is 3.50. The number of rotatable bonds is 7. The Bertz CT molecular complexity index is 841. The van der Waals surface area contributed by atoms with Gasteiger partial charge in [-0.15, -0.1) is 0 Å². The summed E-state index contributed by atoms with van der Waals surface area (Å²) >= 11 is 0. The molecule has 2 aromatic carbocycles. The van der Waals surface area contributed by atoms with Gasteiger partial charge in [-0.3, -0.25) is 0 Å². The summed E-state index contributed by atoms with van der Waals surface area (Å²) in [6.45, 7) is 0. The summed E-state index contributed by atoms with van der Waals surface area (Å²) in [6, 6.07) is 12.0. The van der Waals surface area contributed by atoms with Crippen molar-refractivity contribution in [2.45, 2.75) is 12.8 Å². The van der Waals surface area contributed by atoms with Gasteiger partial charge in [-0.2, -0.15) is 0 Å². The Labute approximate surface area is 147 Å². The molecule has 25 heavy (non-hydrogen) atoms. The number of ether oxygens (including phenoxy) is 4. The maximum absolute atomic E-state index is 5.55. The molecule has 0 aliphatic carbocycles. The van der Waals surface area contributed by atoms with E-state index in [0.29, 0.717) is 23.2 Å². The van der Waals surface area contributed by atoms with E-state index in [0.717, 1.165) is 29.4 Å². The summed E-state index contributed by atoms with van der Waals surface area (Å²) in [5, 5.41) is 1.04. The van der Waals surface area contributed by atoms with Crippen molar-refractivity contribution >= 4 is 11.0 Å². The smallest absolute Gasteiger partial charge is 0.285 e. The summed E-state index contributed by atoms with van der Waals surface area (Å²) in [5.74, 6) is 2.48. The third-order valence-electron chi connectivity index (χ3n) is 4.19. The fourth-order valence-electron chi connectivity index (χ4n) is 2.89. The molecule has 0 unspecified atom stereocenters. The van der Waals surface area contributed by atoms with Crippen LogP contribution in [0.2, 0.25) is 0 Å². The van der Waals surface area contributed by atoms with Gasteiger partial charge in [0.05, 0.1) is 28.4 Å². The number of furan rings is 1. The Morgan fingerprint density at radius 2 is 1.40 bits per heavy atom. The molecule has 132 valence electrons.